The van der Waals surface area contributed by atoms with Crippen LogP contribution in [-0.4, -0.2) is 38.8 Å². The van der Waals surface area contributed by atoms with Crippen molar-refractivity contribution in [2.75, 3.05) is 13.1 Å². The Kier molecular flexibility index (Phi) is 2.21. The van der Waals surface area contributed by atoms with Gasteiger partial charge in [0.25, 0.3) is 5.78 Å². The van der Waals surface area contributed by atoms with Crippen LogP contribution in [0, 0.1) is 6.92 Å². The van der Waals surface area contributed by atoms with Crippen LogP contribution in [0.15, 0.2) is 12.4 Å². The Balaban J connectivity index is 1.97. The van der Waals surface area contributed by atoms with E-state index in [0.717, 1.165) is 25.2 Å². The van der Waals surface area contributed by atoms with Crippen LogP contribution in [0.4, 0.5) is 0 Å². The van der Waals surface area contributed by atoms with E-state index in [0.29, 0.717) is 11.7 Å². The summed E-state index contributed by atoms with van der Waals surface area (Å²) in [6, 6.07) is 1.89. The molecular weight excluding hydrogens is 206 g/mol. The molecule has 0 saturated carbocycles. The highest BCUT2D eigenvalue weighted by molar-refractivity contribution is 5.32. The molecule has 1 fully saturated rings. The van der Waals surface area contributed by atoms with Crippen molar-refractivity contribution in [3.05, 3.63) is 18.1 Å². The van der Waals surface area contributed by atoms with Gasteiger partial charge in [-0.1, -0.05) is 0 Å². The summed E-state index contributed by atoms with van der Waals surface area (Å²) in [7, 11) is 0. The van der Waals surface area contributed by atoms with Crippen molar-refractivity contribution in [2.45, 2.75) is 19.4 Å². The number of ether oxygens (including phenoxy) is 1. The fraction of sp³-hybridized carbons (Fsp3) is 0.500. The molecule has 1 N–H and O–H groups in total. The predicted octanol–water partition coefficient (Wildman–Crippen LogP) is 0.173. The molecule has 0 aromatic carbocycles. The lowest BCUT2D eigenvalue weighted by atomic mass is 10.3. The zero-order chi connectivity index (χ0) is 11.0. The van der Waals surface area contributed by atoms with Crippen molar-refractivity contribution in [1.29, 1.82) is 0 Å². The number of aromatic nitrogens is 4. The number of rotatable bonds is 2. The summed E-state index contributed by atoms with van der Waals surface area (Å²) in [6.45, 7) is 3.82. The summed E-state index contributed by atoms with van der Waals surface area (Å²) in [6.07, 6.45) is 2.73. The third-order valence-electron chi connectivity index (χ3n) is 2.65. The number of hydrogen-bond acceptors (Lipinski definition) is 5. The summed E-state index contributed by atoms with van der Waals surface area (Å²) in [5, 5.41) is 7.36. The van der Waals surface area contributed by atoms with Gasteiger partial charge in [-0.05, 0) is 19.9 Å². The van der Waals surface area contributed by atoms with Gasteiger partial charge in [0, 0.05) is 18.3 Å². The lowest BCUT2D eigenvalue weighted by Gasteiger charge is -2.13. The molecule has 6 heteroatoms. The van der Waals surface area contributed by atoms with Crippen LogP contribution >= 0.6 is 0 Å². The van der Waals surface area contributed by atoms with Crippen molar-refractivity contribution in [1.82, 2.24) is 24.9 Å². The molecule has 1 saturated heterocycles. The third-order valence-corrected chi connectivity index (χ3v) is 2.65. The summed E-state index contributed by atoms with van der Waals surface area (Å²) in [4.78, 5) is 8.32. The minimum atomic E-state index is 0.217. The second-order valence-electron chi connectivity index (χ2n) is 3.94. The van der Waals surface area contributed by atoms with Crippen LogP contribution in [0.25, 0.3) is 5.78 Å². The average Bonchev–Trinajstić information content (AvgIpc) is 2.87. The van der Waals surface area contributed by atoms with Crippen LogP contribution in [0.2, 0.25) is 0 Å². The summed E-state index contributed by atoms with van der Waals surface area (Å²) in [5.74, 6) is 1.30. The smallest absolute Gasteiger partial charge is 0.255 e. The van der Waals surface area contributed by atoms with Gasteiger partial charge in [0.05, 0.1) is 0 Å². The van der Waals surface area contributed by atoms with Gasteiger partial charge in [0.15, 0.2) is 0 Å². The number of nitrogens with zero attached hydrogens (tertiary/aromatic N) is 4. The average molecular weight is 219 g/mol. The molecule has 6 nitrogen and oxygen atoms in total. The molecule has 1 atom stereocenters. The van der Waals surface area contributed by atoms with E-state index in [9.17, 15) is 0 Å². The van der Waals surface area contributed by atoms with E-state index in [2.05, 4.69) is 20.4 Å². The van der Waals surface area contributed by atoms with Crippen molar-refractivity contribution in [2.24, 2.45) is 0 Å². The summed E-state index contributed by atoms with van der Waals surface area (Å²) in [5.41, 5.74) is 0.890. The number of aryl methyl sites for hydroxylation is 1. The molecule has 0 aliphatic carbocycles. The lowest BCUT2D eigenvalue weighted by molar-refractivity contribution is 0.208. The molecule has 0 radical (unpaired) electrons. The van der Waals surface area contributed by atoms with Crippen molar-refractivity contribution < 1.29 is 4.74 Å². The highest BCUT2D eigenvalue weighted by atomic mass is 16.5. The molecule has 1 aliphatic heterocycles. The van der Waals surface area contributed by atoms with E-state index in [4.69, 9.17) is 4.74 Å². The number of fused-ring (bicyclic) bond motifs is 1. The Morgan fingerprint density at radius 2 is 2.50 bits per heavy atom. The Labute approximate surface area is 92.7 Å². The van der Waals surface area contributed by atoms with E-state index < -0.39 is 0 Å². The monoisotopic (exact) mass is 219 g/mol. The molecule has 1 unspecified atom stereocenters. The first-order chi connectivity index (χ1) is 7.83. The van der Waals surface area contributed by atoms with Crippen LogP contribution in [-0.2, 0) is 0 Å². The van der Waals surface area contributed by atoms with Gasteiger partial charge >= 0.3 is 0 Å². The number of nitrogens with one attached hydrogen (secondary N) is 1. The van der Waals surface area contributed by atoms with Gasteiger partial charge in [-0.2, -0.15) is 14.6 Å². The zero-order valence-corrected chi connectivity index (χ0v) is 9.05. The Morgan fingerprint density at radius 1 is 1.56 bits per heavy atom. The van der Waals surface area contributed by atoms with Gasteiger partial charge < -0.3 is 10.1 Å². The maximum Gasteiger partial charge on any atom is 0.255 e. The molecule has 0 amide bonds. The van der Waals surface area contributed by atoms with Crippen LogP contribution in [0.3, 0.4) is 0 Å². The lowest BCUT2D eigenvalue weighted by Crippen LogP contribution is -2.21. The summed E-state index contributed by atoms with van der Waals surface area (Å²) >= 11 is 0. The van der Waals surface area contributed by atoms with Crippen molar-refractivity contribution >= 4 is 5.78 Å². The highest BCUT2D eigenvalue weighted by Gasteiger charge is 2.18. The van der Waals surface area contributed by atoms with Crippen LogP contribution in [0.5, 0.6) is 5.88 Å². The third kappa shape index (κ3) is 1.61. The zero-order valence-electron chi connectivity index (χ0n) is 9.05. The molecule has 2 aromatic heterocycles. The predicted molar refractivity (Wildman–Crippen MR) is 57.4 cm³/mol. The topological polar surface area (TPSA) is 64.3 Å². The molecule has 16 heavy (non-hydrogen) atoms. The van der Waals surface area contributed by atoms with E-state index >= 15 is 0 Å². The maximum atomic E-state index is 5.89. The number of hydrogen-bond donors (Lipinski definition) is 1. The first-order valence-corrected chi connectivity index (χ1v) is 5.38. The molecular formula is C10H13N5O. The minimum Gasteiger partial charge on any atom is -0.473 e. The standard InChI is InChI=1S/C10H13N5O/c1-7-4-9(16-8-2-3-11-5-8)15-10(14-7)12-6-13-15/h4,6,8,11H,2-3,5H2,1H3. The quantitative estimate of drug-likeness (QED) is 0.780. The first-order valence-electron chi connectivity index (χ1n) is 5.38. The Morgan fingerprint density at radius 3 is 3.31 bits per heavy atom. The van der Waals surface area contributed by atoms with Gasteiger partial charge in [0.1, 0.15) is 12.4 Å². The molecule has 3 rings (SSSR count). The first kappa shape index (κ1) is 9.53. The van der Waals surface area contributed by atoms with Crippen LogP contribution in [0.1, 0.15) is 12.1 Å². The Hall–Kier alpha value is -1.69. The SMILES string of the molecule is Cc1cc(OC2CCNC2)n2ncnc2n1. The fourth-order valence-corrected chi connectivity index (χ4v) is 1.88. The Bertz CT molecular complexity index is 503. The largest absolute Gasteiger partial charge is 0.473 e. The molecule has 2 aromatic rings. The van der Waals surface area contributed by atoms with Gasteiger partial charge in [0.2, 0.25) is 5.88 Å². The van der Waals surface area contributed by atoms with Crippen LogP contribution < -0.4 is 10.1 Å². The highest BCUT2D eigenvalue weighted by Crippen LogP contribution is 2.16. The fourth-order valence-electron chi connectivity index (χ4n) is 1.88. The second kappa shape index (κ2) is 3.71. The van der Waals surface area contributed by atoms with Crippen molar-refractivity contribution in [3.8, 4) is 5.88 Å². The van der Waals surface area contributed by atoms with E-state index in [-0.39, 0.29) is 6.10 Å². The van der Waals surface area contributed by atoms with Gasteiger partial charge in [-0.3, -0.25) is 0 Å². The molecule has 84 valence electrons. The minimum absolute atomic E-state index is 0.217. The molecule has 0 spiro atoms. The molecule has 1 aliphatic rings. The second-order valence-corrected chi connectivity index (χ2v) is 3.94. The maximum absolute atomic E-state index is 5.89. The van der Waals surface area contributed by atoms with Gasteiger partial charge in [-0.25, -0.2) is 4.98 Å². The normalized spacial score (nSPS) is 20.4. The van der Waals surface area contributed by atoms with Gasteiger partial charge in [-0.15, -0.1) is 0 Å². The van der Waals surface area contributed by atoms with E-state index in [1.165, 1.54) is 6.33 Å². The van der Waals surface area contributed by atoms with Crippen molar-refractivity contribution in [3.63, 3.8) is 0 Å². The molecule has 0 bridgehead atoms. The van der Waals surface area contributed by atoms with E-state index in [1.54, 1.807) is 4.52 Å². The molecule has 3 heterocycles. The van der Waals surface area contributed by atoms with E-state index in [1.807, 2.05) is 13.0 Å². The summed E-state index contributed by atoms with van der Waals surface area (Å²) < 4.78 is 7.52.